The molecule has 130 valence electrons. The van der Waals surface area contributed by atoms with Gasteiger partial charge >= 0.3 is 12.1 Å². The Morgan fingerprint density at radius 2 is 1.96 bits per heavy atom. The number of benzene rings is 1. The van der Waals surface area contributed by atoms with Crippen LogP contribution in [0.3, 0.4) is 0 Å². The zero-order valence-electron chi connectivity index (χ0n) is 12.8. The number of esters is 1. The Morgan fingerprint density at radius 1 is 1.28 bits per heavy atom. The number of halogens is 4. The molecule has 3 aromatic rings. The molecule has 0 radical (unpaired) electrons. The molecular weight excluding hydrogens is 403 g/mol. The summed E-state index contributed by atoms with van der Waals surface area (Å²) in [6.07, 6.45) is -0.295. The van der Waals surface area contributed by atoms with Gasteiger partial charge in [-0.1, -0.05) is 15.9 Å². The van der Waals surface area contributed by atoms with E-state index in [-0.39, 0.29) is 17.0 Å². The molecule has 9 heteroatoms. The lowest BCUT2D eigenvalue weighted by molar-refractivity contribution is -0.179. The van der Waals surface area contributed by atoms with E-state index in [4.69, 9.17) is 0 Å². The number of ether oxygens (including phenoxy) is 1. The predicted molar refractivity (Wildman–Crippen MR) is 87.4 cm³/mol. The minimum atomic E-state index is -4.81. The Kier molecular flexibility index (Phi) is 4.51. The number of alkyl halides is 3. The third kappa shape index (κ3) is 3.23. The number of aromatic nitrogens is 3. The van der Waals surface area contributed by atoms with Crippen molar-refractivity contribution in [2.45, 2.75) is 12.1 Å². The van der Waals surface area contributed by atoms with Crippen molar-refractivity contribution in [3.63, 3.8) is 0 Å². The predicted octanol–water partition coefficient (Wildman–Crippen LogP) is 4.00. The second-order valence-corrected chi connectivity index (χ2v) is 6.08. The summed E-state index contributed by atoms with van der Waals surface area (Å²) in [5, 5.41) is 0.509. The topological polar surface area (TPSA) is 57.0 Å². The van der Waals surface area contributed by atoms with Crippen molar-refractivity contribution < 1.29 is 22.7 Å². The summed E-state index contributed by atoms with van der Waals surface area (Å²) in [4.78, 5) is 20.0. The van der Waals surface area contributed by atoms with Crippen molar-refractivity contribution in [1.29, 1.82) is 0 Å². The van der Waals surface area contributed by atoms with E-state index >= 15 is 0 Å². The Labute approximate surface area is 148 Å². The van der Waals surface area contributed by atoms with Crippen LogP contribution in [0.25, 0.3) is 16.9 Å². The molecular formula is C16H11BrF3N3O2. The first-order chi connectivity index (χ1) is 11.8. The van der Waals surface area contributed by atoms with Crippen LogP contribution in [0, 0.1) is 0 Å². The van der Waals surface area contributed by atoms with E-state index in [1.807, 2.05) is 0 Å². The minimum Gasteiger partial charge on any atom is -0.468 e. The van der Waals surface area contributed by atoms with E-state index in [9.17, 15) is 18.0 Å². The van der Waals surface area contributed by atoms with Crippen LogP contribution in [0.4, 0.5) is 13.2 Å². The second-order valence-electron chi connectivity index (χ2n) is 5.17. The summed E-state index contributed by atoms with van der Waals surface area (Å²) in [5.74, 6) is -3.60. The smallest absolute Gasteiger partial charge is 0.406 e. The van der Waals surface area contributed by atoms with Gasteiger partial charge in [0.1, 0.15) is 0 Å². The SMILES string of the molecule is COC(=O)C(c1cc(Br)cc2ccn(-c3ncccn3)c12)C(F)(F)F. The van der Waals surface area contributed by atoms with Gasteiger partial charge in [-0.15, -0.1) is 0 Å². The molecule has 0 aliphatic rings. The van der Waals surface area contributed by atoms with Crippen molar-refractivity contribution in [2.24, 2.45) is 0 Å². The monoisotopic (exact) mass is 413 g/mol. The number of carbonyl (C=O) groups excluding carboxylic acids is 1. The lowest BCUT2D eigenvalue weighted by Crippen LogP contribution is -2.30. The average molecular weight is 414 g/mol. The zero-order chi connectivity index (χ0) is 18.2. The van der Waals surface area contributed by atoms with Crippen LogP contribution in [0.1, 0.15) is 11.5 Å². The average Bonchev–Trinajstić information content (AvgIpc) is 2.98. The quantitative estimate of drug-likeness (QED) is 0.608. The summed E-state index contributed by atoms with van der Waals surface area (Å²) in [6, 6.07) is 6.14. The van der Waals surface area contributed by atoms with Gasteiger partial charge in [0.2, 0.25) is 5.95 Å². The molecule has 0 saturated heterocycles. The largest absolute Gasteiger partial charge is 0.468 e. The second kappa shape index (κ2) is 6.47. The molecule has 5 nitrogen and oxygen atoms in total. The normalized spacial score (nSPS) is 13.0. The first-order valence-electron chi connectivity index (χ1n) is 7.05. The van der Waals surface area contributed by atoms with Crippen LogP contribution in [0.15, 0.2) is 47.3 Å². The first-order valence-corrected chi connectivity index (χ1v) is 7.84. The molecule has 1 aromatic carbocycles. The fourth-order valence-corrected chi connectivity index (χ4v) is 3.13. The lowest BCUT2D eigenvalue weighted by Gasteiger charge is -2.20. The Bertz CT molecular complexity index is 926. The summed E-state index contributed by atoms with van der Waals surface area (Å²) in [6.45, 7) is 0. The van der Waals surface area contributed by atoms with Crippen molar-refractivity contribution in [1.82, 2.24) is 14.5 Å². The highest BCUT2D eigenvalue weighted by Gasteiger charge is 2.48. The summed E-state index contributed by atoms with van der Waals surface area (Å²) >= 11 is 3.19. The van der Waals surface area contributed by atoms with E-state index in [1.54, 1.807) is 24.4 Å². The molecule has 0 spiro atoms. The highest BCUT2D eigenvalue weighted by Crippen LogP contribution is 2.41. The maximum Gasteiger partial charge on any atom is 0.406 e. The number of hydrogen-bond acceptors (Lipinski definition) is 4. The summed E-state index contributed by atoms with van der Waals surface area (Å²) in [5.41, 5.74) is -0.0386. The van der Waals surface area contributed by atoms with Crippen LogP contribution in [-0.4, -0.2) is 33.8 Å². The maximum absolute atomic E-state index is 13.6. The van der Waals surface area contributed by atoms with E-state index in [0.717, 1.165) is 7.11 Å². The number of nitrogens with zero attached hydrogens (tertiary/aromatic N) is 3. The Morgan fingerprint density at radius 3 is 2.56 bits per heavy atom. The van der Waals surface area contributed by atoms with Crippen LogP contribution in [0.5, 0.6) is 0 Å². The fraction of sp³-hybridized carbons (Fsp3) is 0.188. The Balaban J connectivity index is 2.33. The molecule has 0 aliphatic heterocycles. The van der Waals surface area contributed by atoms with E-state index in [2.05, 4.69) is 30.6 Å². The van der Waals surface area contributed by atoms with Gasteiger partial charge in [-0.05, 0) is 24.3 Å². The first kappa shape index (κ1) is 17.4. The molecule has 25 heavy (non-hydrogen) atoms. The molecule has 0 N–H and O–H groups in total. The molecule has 2 heterocycles. The maximum atomic E-state index is 13.6. The van der Waals surface area contributed by atoms with Crippen LogP contribution in [0.2, 0.25) is 0 Å². The molecule has 3 rings (SSSR count). The van der Waals surface area contributed by atoms with Crippen molar-refractivity contribution >= 4 is 32.8 Å². The van der Waals surface area contributed by atoms with Crippen LogP contribution >= 0.6 is 15.9 Å². The van der Waals surface area contributed by atoms with Gasteiger partial charge in [0, 0.05) is 34.0 Å². The number of fused-ring (bicyclic) bond motifs is 1. The van der Waals surface area contributed by atoms with Gasteiger partial charge in [0.25, 0.3) is 0 Å². The number of methoxy groups -OCH3 is 1. The molecule has 0 aliphatic carbocycles. The molecule has 1 atom stereocenters. The number of hydrogen-bond donors (Lipinski definition) is 0. The highest BCUT2D eigenvalue weighted by atomic mass is 79.9. The van der Waals surface area contributed by atoms with Gasteiger partial charge < -0.3 is 4.74 Å². The molecule has 0 fully saturated rings. The van der Waals surface area contributed by atoms with Gasteiger partial charge in [0.15, 0.2) is 5.92 Å². The van der Waals surface area contributed by atoms with Gasteiger partial charge in [-0.25, -0.2) is 9.97 Å². The lowest BCUT2D eigenvalue weighted by atomic mass is 9.96. The van der Waals surface area contributed by atoms with Gasteiger partial charge in [0.05, 0.1) is 12.6 Å². The number of rotatable bonds is 3. The van der Waals surface area contributed by atoms with Crippen LogP contribution < -0.4 is 0 Å². The third-order valence-corrected chi connectivity index (χ3v) is 4.08. The van der Waals surface area contributed by atoms with Gasteiger partial charge in [-0.3, -0.25) is 9.36 Å². The molecule has 1 unspecified atom stereocenters. The fourth-order valence-electron chi connectivity index (χ4n) is 2.63. The zero-order valence-corrected chi connectivity index (χ0v) is 14.4. The summed E-state index contributed by atoms with van der Waals surface area (Å²) < 4.78 is 47.0. The van der Waals surface area contributed by atoms with E-state index < -0.39 is 18.1 Å². The third-order valence-electron chi connectivity index (χ3n) is 3.62. The highest BCUT2D eigenvalue weighted by molar-refractivity contribution is 9.10. The van der Waals surface area contributed by atoms with Crippen molar-refractivity contribution in [3.8, 4) is 5.95 Å². The minimum absolute atomic E-state index is 0.196. The van der Waals surface area contributed by atoms with Crippen molar-refractivity contribution in [2.75, 3.05) is 7.11 Å². The van der Waals surface area contributed by atoms with E-state index in [1.165, 1.54) is 23.0 Å². The van der Waals surface area contributed by atoms with Crippen LogP contribution in [-0.2, 0) is 9.53 Å². The summed E-state index contributed by atoms with van der Waals surface area (Å²) in [7, 11) is 0.926. The van der Waals surface area contributed by atoms with Gasteiger partial charge in [-0.2, -0.15) is 13.2 Å². The Hall–Kier alpha value is -2.42. The van der Waals surface area contributed by atoms with Crippen molar-refractivity contribution in [3.05, 3.63) is 52.9 Å². The molecule has 0 bridgehead atoms. The standard InChI is InChI=1S/C16H11BrF3N3O2/c1-25-14(24)12(16(18,19)20)11-8-10(17)7-9-3-6-23(13(9)11)15-21-4-2-5-22-15/h2-8,12H,1H3. The molecule has 0 amide bonds. The molecule has 2 aromatic heterocycles. The van der Waals surface area contributed by atoms with E-state index in [0.29, 0.717) is 9.86 Å². The molecule has 0 saturated carbocycles. The number of carbonyl (C=O) groups is 1.